The largest absolute Gasteiger partial charge is 0.446 e. The van der Waals surface area contributed by atoms with Gasteiger partial charge in [-0.05, 0) is 24.3 Å². The molecule has 1 aromatic rings. The molecule has 3 rings (SSSR count). The summed E-state index contributed by atoms with van der Waals surface area (Å²) in [7, 11) is 0. The summed E-state index contributed by atoms with van der Waals surface area (Å²) in [6.07, 6.45) is 4.12. The first-order chi connectivity index (χ1) is 7.84. The van der Waals surface area contributed by atoms with Crippen LogP contribution in [0, 0.1) is 0 Å². The van der Waals surface area contributed by atoms with Crippen molar-refractivity contribution in [2.24, 2.45) is 0 Å². The molecule has 16 heavy (non-hydrogen) atoms. The SMILES string of the molecule is O=C1[N]C=CC=C1C1Oc2ccccc2O1. The number of fused-ring (bicyclic) bond motifs is 1. The van der Waals surface area contributed by atoms with E-state index in [1.54, 1.807) is 24.3 Å². The molecule has 0 saturated heterocycles. The highest BCUT2D eigenvalue weighted by Crippen LogP contribution is 2.36. The first-order valence-corrected chi connectivity index (χ1v) is 4.89. The van der Waals surface area contributed by atoms with Crippen molar-refractivity contribution in [3.63, 3.8) is 0 Å². The number of nitrogens with zero attached hydrogens (tertiary/aromatic N) is 1. The lowest BCUT2D eigenvalue weighted by Gasteiger charge is -2.13. The van der Waals surface area contributed by atoms with Crippen LogP contribution in [-0.2, 0) is 4.79 Å². The number of amides is 1. The molecule has 1 amide bonds. The minimum atomic E-state index is -0.682. The van der Waals surface area contributed by atoms with E-state index in [1.165, 1.54) is 6.20 Å². The second kappa shape index (κ2) is 3.41. The van der Waals surface area contributed by atoms with Crippen molar-refractivity contribution in [2.75, 3.05) is 0 Å². The van der Waals surface area contributed by atoms with Crippen LogP contribution in [0.5, 0.6) is 11.5 Å². The quantitative estimate of drug-likeness (QED) is 0.709. The van der Waals surface area contributed by atoms with Crippen molar-refractivity contribution >= 4 is 5.91 Å². The Morgan fingerprint density at radius 3 is 2.44 bits per heavy atom. The fourth-order valence-corrected chi connectivity index (χ4v) is 1.61. The van der Waals surface area contributed by atoms with Crippen LogP contribution in [0.4, 0.5) is 0 Å². The number of hydrogen-bond acceptors (Lipinski definition) is 3. The van der Waals surface area contributed by atoms with E-state index >= 15 is 0 Å². The fraction of sp³-hybridized carbons (Fsp3) is 0.0833. The fourth-order valence-electron chi connectivity index (χ4n) is 1.61. The van der Waals surface area contributed by atoms with Crippen LogP contribution in [0.25, 0.3) is 0 Å². The van der Waals surface area contributed by atoms with E-state index in [-0.39, 0.29) is 5.91 Å². The van der Waals surface area contributed by atoms with Gasteiger partial charge in [-0.15, -0.1) is 0 Å². The summed E-state index contributed by atoms with van der Waals surface area (Å²) in [6, 6.07) is 7.31. The first kappa shape index (κ1) is 9.03. The van der Waals surface area contributed by atoms with Crippen LogP contribution in [0.3, 0.4) is 0 Å². The summed E-state index contributed by atoms with van der Waals surface area (Å²) in [5.41, 5.74) is 0.415. The van der Waals surface area contributed by atoms with Crippen molar-refractivity contribution in [3.05, 3.63) is 48.2 Å². The predicted molar refractivity (Wildman–Crippen MR) is 55.9 cm³/mol. The Kier molecular flexibility index (Phi) is 1.93. The molecule has 0 atom stereocenters. The zero-order valence-corrected chi connectivity index (χ0v) is 8.29. The minimum Gasteiger partial charge on any atom is -0.446 e. The van der Waals surface area contributed by atoms with Gasteiger partial charge < -0.3 is 9.47 Å². The lowest BCUT2D eigenvalue weighted by molar-refractivity contribution is -0.118. The molecular weight excluding hydrogens is 206 g/mol. The van der Waals surface area contributed by atoms with Crippen molar-refractivity contribution in [1.82, 2.24) is 5.32 Å². The van der Waals surface area contributed by atoms with Gasteiger partial charge >= 0.3 is 0 Å². The van der Waals surface area contributed by atoms with Gasteiger partial charge in [-0.25, -0.2) is 5.32 Å². The van der Waals surface area contributed by atoms with Gasteiger partial charge in [0.1, 0.15) is 0 Å². The average molecular weight is 214 g/mol. The topological polar surface area (TPSA) is 49.6 Å². The van der Waals surface area contributed by atoms with E-state index in [1.807, 2.05) is 12.1 Å². The van der Waals surface area contributed by atoms with Crippen molar-refractivity contribution in [3.8, 4) is 11.5 Å². The molecule has 1 aromatic carbocycles. The van der Waals surface area contributed by atoms with E-state index in [4.69, 9.17) is 9.47 Å². The van der Waals surface area contributed by atoms with Crippen LogP contribution >= 0.6 is 0 Å². The summed E-state index contributed by atoms with van der Waals surface area (Å²) in [5, 5.41) is 3.67. The Hall–Kier alpha value is -2.23. The molecule has 0 fully saturated rings. The molecule has 79 valence electrons. The highest BCUT2D eigenvalue weighted by atomic mass is 16.7. The zero-order valence-electron chi connectivity index (χ0n) is 8.29. The maximum Gasteiger partial charge on any atom is 0.280 e. The number of benzene rings is 1. The Labute approximate surface area is 92.2 Å². The predicted octanol–water partition coefficient (Wildman–Crippen LogP) is 1.37. The molecule has 0 unspecified atom stereocenters. The van der Waals surface area contributed by atoms with Gasteiger partial charge in [0.25, 0.3) is 12.2 Å². The van der Waals surface area contributed by atoms with E-state index in [2.05, 4.69) is 5.32 Å². The number of carbonyl (C=O) groups excluding carboxylic acids is 1. The van der Waals surface area contributed by atoms with Gasteiger partial charge in [0.2, 0.25) is 0 Å². The lowest BCUT2D eigenvalue weighted by atomic mass is 10.2. The number of hydrogen-bond donors (Lipinski definition) is 0. The average Bonchev–Trinajstić information content (AvgIpc) is 2.73. The molecule has 2 heterocycles. The summed E-state index contributed by atoms with van der Waals surface area (Å²) in [4.78, 5) is 11.5. The second-order valence-electron chi connectivity index (χ2n) is 3.41. The van der Waals surface area contributed by atoms with Crippen molar-refractivity contribution in [2.45, 2.75) is 6.29 Å². The van der Waals surface area contributed by atoms with Crippen molar-refractivity contribution < 1.29 is 14.3 Å². The highest BCUT2D eigenvalue weighted by molar-refractivity contribution is 5.96. The third kappa shape index (κ3) is 1.35. The Bertz CT molecular complexity index is 480. The van der Waals surface area contributed by atoms with Crippen LogP contribution in [-0.4, -0.2) is 12.2 Å². The van der Waals surface area contributed by atoms with Gasteiger partial charge in [0, 0.05) is 6.20 Å². The number of ether oxygens (including phenoxy) is 2. The maximum absolute atomic E-state index is 11.5. The standard InChI is InChI=1S/C12H8NO3/c14-11-8(4-3-7-13-11)12-15-9-5-1-2-6-10(9)16-12/h1-7,12H. The monoisotopic (exact) mass is 214 g/mol. The molecule has 0 bridgehead atoms. The third-order valence-electron chi connectivity index (χ3n) is 2.37. The first-order valence-electron chi connectivity index (χ1n) is 4.89. The Morgan fingerprint density at radius 1 is 1.12 bits per heavy atom. The van der Waals surface area contributed by atoms with Crippen LogP contribution in [0.1, 0.15) is 0 Å². The molecule has 0 aromatic heterocycles. The van der Waals surface area contributed by atoms with Crippen LogP contribution in [0.2, 0.25) is 0 Å². The summed E-state index contributed by atoms with van der Waals surface area (Å²) in [5.74, 6) is 0.979. The van der Waals surface area contributed by atoms with E-state index in [0.29, 0.717) is 17.1 Å². The van der Waals surface area contributed by atoms with E-state index in [0.717, 1.165) is 0 Å². The molecule has 4 heteroatoms. The van der Waals surface area contributed by atoms with Crippen LogP contribution in [0.15, 0.2) is 48.2 Å². The number of para-hydroxylation sites is 2. The number of carbonyl (C=O) groups is 1. The van der Waals surface area contributed by atoms with Gasteiger partial charge in [-0.2, -0.15) is 0 Å². The van der Waals surface area contributed by atoms with E-state index < -0.39 is 6.29 Å². The van der Waals surface area contributed by atoms with Crippen molar-refractivity contribution in [1.29, 1.82) is 0 Å². The molecule has 2 aliphatic rings. The summed E-state index contributed by atoms with van der Waals surface area (Å²) < 4.78 is 11.0. The normalized spacial score (nSPS) is 18.2. The summed E-state index contributed by atoms with van der Waals surface area (Å²) >= 11 is 0. The van der Waals surface area contributed by atoms with Gasteiger partial charge in [0.05, 0.1) is 5.57 Å². The zero-order chi connectivity index (χ0) is 11.0. The number of rotatable bonds is 1. The molecule has 4 nitrogen and oxygen atoms in total. The van der Waals surface area contributed by atoms with Gasteiger partial charge in [-0.3, -0.25) is 4.79 Å². The van der Waals surface area contributed by atoms with E-state index in [9.17, 15) is 4.79 Å². The van der Waals surface area contributed by atoms with Gasteiger partial charge in [0.15, 0.2) is 11.5 Å². The lowest BCUT2D eigenvalue weighted by Crippen LogP contribution is -2.30. The molecule has 0 aliphatic carbocycles. The highest BCUT2D eigenvalue weighted by Gasteiger charge is 2.31. The Morgan fingerprint density at radius 2 is 1.81 bits per heavy atom. The smallest absolute Gasteiger partial charge is 0.280 e. The van der Waals surface area contributed by atoms with Crippen LogP contribution < -0.4 is 14.8 Å². The van der Waals surface area contributed by atoms with Gasteiger partial charge in [-0.1, -0.05) is 12.1 Å². The minimum absolute atomic E-state index is 0.319. The third-order valence-corrected chi connectivity index (χ3v) is 2.37. The number of allylic oxidation sites excluding steroid dienone is 2. The molecular formula is C12H8NO3. The Balaban J connectivity index is 1.88. The molecule has 2 aliphatic heterocycles. The molecule has 0 N–H and O–H groups in total. The molecule has 0 saturated carbocycles. The molecule has 0 spiro atoms. The second-order valence-corrected chi connectivity index (χ2v) is 3.41. The maximum atomic E-state index is 11.5. The summed E-state index contributed by atoms with van der Waals surface area (Å²) in [6.45, 7) is 0. The molecule has 1 radical (unpaired) electrons.